The maximum atomic E-state index is 12.1. The van der Waals surface area contributed by atoms with Gasteiger partial charge in [0, 0.05) is 24.5 Å². The molecule has 2 heterocycles. The van der Waals surface area contributed by atoms with Gasteiger partial charge in [-0.1, -0.05) is 6.07 Å². The number of amides is 1. The first kappa shape index (κ1) is 14.8. The predicted octanol–water partition coefficient (Wildman–Crippen LogP) is 2.59. The molecule has 1 aliphatic heterocycles. The normalized spacial score (nSPS) is 15.6. The Balaban J connectivity index is 1.54. The SMILES string of the molecule is O=C(CCC1CCNCC1)Nc1cccc(-n2cccn2)c1. The molecule has 1 fully saturated rings. The second-order valence-corrected chi connectivity index (χ2v) is 5.78. The van der Waals surface area contributed by atoms with Crippen molar-refractivity contribution in [2.75, 3.05) is 18.4 Å². The van der Waals surface area contributed by atoms with Crippen LogP contribution in [0.3, 0.4) is 0 Å². The molecule has 0 atom stereocenters. The zero-order valence-electron chi connectivity index (χ0n) is 12.7. The van der Waals surface area contributed by atoms with Crippen molar-refractivity contribution < 1.29 is 4.79 Å². The van der Waals surface area contributed by atoms with Gasteiger partial charge in [-0.25, -0.2) is 4.68 Å². The monoisotopic (exact) mass is 298 g/mol. The van der Waals surface area contributed by atoms with Gasteiger partial charge in [-0.15, -0.1) is 0 Å². The Morgan fingerprint density at radius 2 is 2.18 bits per heavy atom. The highest BCUT2D eigenvalue weighted by Gasteiger charge is 2.14. The van der Waals surface area contributed by atoms with Crippen LogP contribution in [0.4, 0.5) is 5.69 Å². The molecule has 5 heteroatoms. The molecule has 22 heavy (non-hydrogen) atoms. The number of carbonyl (C=O) groups is 1. The van der Waals surface area contributed by atoms with E-state index in [0.29, 0.717) is 12.3 Å². The van der Waals surface area contributed by atoms with E-state index in [1.807, 2.05) is 36.5 Å². The topological polar surface area (TPSA) is 59.0 Å². The third kappa shape index (κ3) is 3.95. The number of benzene rings is 1. The molecule has 0 bridgehead atoms. The second-order valence-electron chi connectivity index (χ2n) is 5.78. The van der Waals surface area contributed by atoms with Gasteiger partial charge in [0.1, 0.15) is 0 Å². The molecule has 1 aromatic carbocycles. The van der Waals surface area contributed by atoms with Gasteiger partial charge in [-0.2, -0.15) is 5.10 Å². The van der Waals surface area contributed by atoms with Gasteiger partial charge in [0.2, 0.25) is 5.91 Å². The van der Waals surface area contributed by atoms with Crippen molar-refractivity contribution in [2.24, 2.45) is 5.92 Å². The van der Waals surface area contributed by atoms with Crippen molar-refractivity contribution in [1.29, 1.82) is 0 Å². The van der Waals surface area contributed by atoms with Gasteiger partial charge >= 0.3 is 0 Å². The maximum absolute atomic E-state index is 12.1. The van der Waals surface area contributed by atoms with Crippen LogP contribution < -0.4 is 10.6 Å². The van der Waals surface area contributed by atoms with E-state index >= 15 is 0 Å². The molecule has 2 N–H and O–H groups in total. The number of hydrogen-bond donors (Lipinski definition) is 2. The largest absolute Gasteiger partial charge is 0.326 e. The lowest BCUT2D eigenvalue weighted by atomic mass is 9.93. The summed E-state index contributed by atoms with van der Waals surface area (Å²) in [6.45, 7) is 2.16. The van der Waals surface area contributed by atoms with Crippen LogP contribution in [0.5, 0.6) is 0 Å². The first-order valence-electron chi connectivity index (χ1n) is 7.92. The minimum atomic E-state index is 0.0937. The van der Waals surface area contributed by atoms with Crippen molar-refractivity contribution in [3.8, 4) is 5.69 Å². The molecule has 0 radical (unpaired) electrons. The lowest BCUT2D eigenvalue weighted by Crippen LogP contribution is -2.28. The van der Waals surface area contributed by atoms with Crippen molar-refractivity contribution in [3.05, 3.63) is 42.7 Å². The average Bonchev–Trinajstić information content (AvgIpc) is 3.09. The highest BCUT2D eigenvalue weighted by Crippen LogP contribution is 2.19. The number of anilines is 1. The number of piperidine rings is 1. The zero-order valence-corrected chi connectivity index (χ0v) is 12.7. The molecule has 116 valence electrons. The number of carbonyl (C=O) groups excluding carboxylic acids is 1. The zero-order chi connectivity index (χ0) is 15.2. The summed E-state index contributed by atoms with van der Waals surface area (Å²) in [6.07, 6.45) is 7.56. The van der Waals surface area contributed by atoms with Gasteiger partial charge in [0.15, 0.2) is 0 Å². The van der Waals surface area contributed by atoms with E-state index in [4.69, 9.17) is 0 Å². The average molecular weight is 298 g/mol. The van der Waals surface area contributed by atoms with Crippen LogP contribution in [0.15, 0.2) is 42.7 Å². The van der Waals surface area contributed by atoms with E-state index in [1.165, 1.54) is 12.8 Å². The first-order valence-corrected chi connectivity index (χ1v) is 7.92. The lowest BCUT2D eigenvalue weighted by molar-refractivity contribution is -0.116. The molecule has 5 nitrogen and oxygen atoms in total. The molecule has 1 aliphatic rings. The third-order valence-corrected chi connectivity index (χ3v) is 4.14. The molecular weight excluding hydrogens is 276 g/mol. The fourth-order valence-electron chi connectivity index (χ4n) is 2.88. The fraction of sp³-hybridized carbons (Fsp3) is 0.412. The predicted molar refractivity (Wildman–Crippen MR) is 87.0 cm³/mol. The number of nitrogens with one attached hydrogen (secondary N) is 2. The third-order valence-electron chi connectivity index (χ3n) is 4.14. The van der Waals surface area contributed by atoms with Crippen molar-refractivity contribution in [1.82, 2.24) is 15.1 Å². The smallest absolute Gasteiger partial charge is 0.224 e. The van der Waals surface area contributed by atoms with Crippen LogP contribution in [0.25, 0.3) is 5.69 Å². The highest BCUT2D eigenvalue weighted by atomic mass is 16.1. The maximum Gasteiger partial charge on any atom is 0.224 e. The molecule has 1 amide bonds. The van der Waals surface area contributed by atoms with Crippen LogP contribution in [0, 0.1) is 5.92 Å². The fourth-order valence-corrected chi connectivity index (χ4v) is 2.88. The highest BCUT2D eigenvalue weighted by molar-refractivity contribution is 5.90. The summed E-state index contributed by atoms with van der Waals surface area (Å²) in [6, 6.07) is 9.63. The number of aromatic nitrogens is 2. The Kier molecular flexibility index (Phi) is 4.85. The molecule has 1 saturated heterocycles. The van der Waals surface area contributed by atoms with Crippen LogP contribution in [-0.4, -0.2) is 28.8 Å². The Labute approximate surface area is 130 Å². The Morgan fingerprint density at radius 3 is 2.95 bits per heavy atom. The van der Waals surface area contributed by atoms with Gasteiger partial charge in [-0.3, -0.25) is 4.79 Å². The van der Waals surface area contributed by atoms with E-state index in [9.17, 15) is 4.79 Å². The Hall–Kier alpha value is -2.14. The number of rotatable bonds is 5. The summed E-state index contributed by atoms with van der Waals surface area (Å²) < 4.78 is 1.78. The van der Waals surface area contributed by atoms with Crippen LogP contribution in [0.2, 0.25) is 0 Å². The van der Waals surface area contributed by atoms with Crippen molar-refractivity contribution >= 4 is 11.6 Å². The van der Waals surface area contributed by atoms with Crippen molar-refractivity contribution in [2.45, 2.75) is 25.7 Å². The molecule has 1 aromatic heterocycles. The number of hydrogen-bond acceptors (Lipinski definition) is 3. The standard InChI is InChI=1S/C17H22N4O/c22-17(6-5-14-7-10-18-11-8-14)20-15-3-1-4-16(13-15)21-12-2-9-19-21/h1-4,9,12-14,18H,5-8,10-11H2,(H,20,22). The van der Waals surface area contributed by atoms with Gasteiger partial charge in [0.05, 0.1) is 5.69 Å². The van der Waals surface area contributed by atoms with Gasteiger partial charge < -0.3 is 10.6 Å². The second kappa shape index (κ2) is 7.22. The molecule has 0 aliphatic carbocycles. The Bertz CT molecular complexity index is 603. The molecule has 3 rings (SSSR count). The summed E-state index contributed by atoms with van der Waals surface area (Å²) >= 11 is 0. The Morgan fingerprint density at radius 1 is 1.32 bits per heavy atom. The summed E-state index contributed by atoms with van der Waals surface area (Å²) in [5, 5.41) is 10.5. The van der Waals surface area contributed by atoms with Crippen LogP contribution in [0.1, 0.15) is 25.7 Å². The van der Waals surface area contributed by atoms with Gasteiger partial charge in [-0.05, 0) is 62.5 Å². The quantitative estimate of drug-likeness (QED) is 0.892. The molecule has 0 saturated carbocycles. The first-order chi connectivity index (χ1) is 10.8. The molecular formula is C17H22N4O. The minimum absolute atomic E-state index is 0.0937. The van der Waals surface area contributed by atoms with Crippen molar-refractivity contribution in [3.63, 3.8) is 0 Å². The van der Waals surface area contributed by atoms with E-state index in [-0.39, 0.29) is 5.91 Å². The summed E-state index contributed by atoms with van der Waals surface area (Å²) in [4.78, 5) is 12.1. The summed E-state index contributed by atoms with van der Waals surface area (Å²) in [5.41, 5.74) is 1.77. The van der Waals surface area contributed by atoms with E-state index in [0.717, 1.165) is 30.9 Å². The van der Waals surface area contributed by atoms with E-state index < -0.39 is 0 Å². The molecule has 0 spiro atoms. The number of nitrogens with zero attached hydrogens (tertiary/aromatic N) is 2. The summed E-state index contributed by atoms with van der Waals surface area (Å²) in [7, 11) is 0. The molecule has 2 aromatic rings. The van der Waals surface area contributed by atoms with Crippen LogP contribution >= 0.6 is 0 Å². The van der Waals surface area contributed by atoms with Crippen LogP contribution in [-0.2, 0) is 4.79 Å². The minimum Gasteiger partial charge on any atom is -0.326 e. The van der Waals surface area contributed by atoms with E-state index in [1.54, 1.807) is 10.9 Å². The lowest BCUT2D eigenvalue weighted by Gasteiger charge is -2.22. The van der Waals surface area contributed by atoms with Gasteiger partial charge in [0.25, 0.3) is 0 Å². The molecule has 0 unspecified atom stereocenters. The summed E-state index contributed by atoms with van der Waals surface area (Å²) in [5.74, 6) is 0.776. The van der Waals surface area contributed by atoms with E-state index in [2.05, 4.69) is 15.7 Å².